The lowest BCUT2D eigenvalue weighted by atomic mass is 10.1. The lowest BCUT2D eigenvalue weighted by Gasteiger charge is -2.01. The number of carbonyl (C=O) groups excluding carboxylic acids is 1. The van der Waals surface area contributed by atoms with Gasteiger partial charge in [-0.25, -0.2) is 0 Å². The number of nitrogens with zero attached hydrogens (tertiary/aromatic N) is 1. The van der Waals surface area contributed by atoms with Crippen molar-refractivity contribution in [3.8, 4) is 0 Å². The van der Waals surface area contributed by atoms with Crippen LogP contribution in [0.1, 0.15) is 15.9 Å². The predicted octanol–water partition coefficient (Wildman–Crippen LogP) is 3.00. The van der Waals surface area contributed by atoms with Gasteiger partial charge in [-0.05, 0) is 46.7 Å². The summed E-state index contributed by atoms with van der Waals surface area (Å²) in [6.07, 6.45) is 0. The van der Waals surface area contributed by atoms with Crippen molar-refractivity contribution in [2.24, 2.45) is 4.99 Å². The molecule has 0 atom stereocenters. The van der Waals surface area contributed by atoms with Crippen LogP contribution in [0.15, 0.2) is 27.7 Å². The number of carbonyl (C=O) groups is 1. The first kappa shape index (κ1) is 10.3. The number of isothiocyanates is 1. The lowest BCUT2D eigenvalue weighted by Crippen LogP contribution is -1.96. The summed E-state index contributed by atoms with van der Waals surface area (Å²) in [5.41, 5.74) is 1.50. The molecule has 0 aliphatic rings. The average molecular weight is 256 g/mol. The Balaban J connectivity index is 3.22. The van der Waals surface area contributed by atoms with Gasteiger partial charge in [-0.15, -0.1) is 0 Å². The molecule has 1 amide bonds. The Bertz CT molecular complexity index is 397. The summed E-state index contributed by atoms with van der Waals surface area (Å²) in [6, 6.07) is 5.39. The largest absolute Gasteiger partial charge is 0.287 e. The minimum Gasteiger partial charge on any atom is -0.266 e. The fourth-order valence-corrected chi connectivity index (χ4v) is 1.43. The molecular weight excluding hydrogens is 250 g/mol. The van der Waals surface area contributed by atoms with E-state index in [-0.39, 0.29) is 5.91 Å². The Kier molecular flexibility index (Phi) is 3.48. The molecule has 0 aliphatic heterocycles. The number of thiocarbonyl (C=S) groups is 1. The minimum atomic E-state index is -0.370. The van der Waals surface area contributed by atoms with Crippen molar-refractivity contribution in [3.63, 3.8) is 0 Å². The van der Waals surface area contributed by atoms with Gasteiger partial charge in [-0.1, -0.05) is 12.1 Å². The van der Waals surface area contributed by atoms with Crippen LogP contribution in [0.25, 0.3) is 0 Å². The molecule has 1 rings (SSSR count). The van der Waals surface area contributed by atoms with Crippen molar-refractivity contribution in [1.82, 2.24) is 0 Å². The van der Waals surface area contributed by atoms with Gasteiger partial charge in [0.15, 0.2) is 0 Å². The van der Waals surface area contributed by atoms with Crippen LogP contribution in [0, 0.1) is 6.92 Å². The third-order valence-corrected chi connectivity index (χ3v) is 2.71. The monoisotopic (exact) mass is 255 g/mol. The van der Waals surface area contributed by atoms with Gasteiger partial charge in [0.1, 0.15) is 0 Å². The molecule has 0 saturated heterocycles. The molecule has 66 valence electrons. The lowest BCUT2D eigenvalue weighted by molar-refractivity contribution is 0.100. The topological polar surface area (TPSA) is 29.4 Å². The predicted molar refractivity (Wildman–Crippen MR) is 58.2 cm³/mol. The van der Waals surface area contributed by atoms with Crippen LogP contribution in [-0.4, -0.2) is 11.1 Å². The zero-order valence-electron chi connectivity index (χ0n) is 6.87. The SMILES string of the molecule is Cc1cccc(C(=O)N=C=S)c1Br. The summed E-state index contributed by atoms with van der Waals surface area (Å²) in [5, 5.41) is 2.05. The van der Waals surface area contributed by atoms with Gasteiger partial charge in [0.25, 0.3) is 5.91 Å². The average Bonchev–Trinajstić information content (AvgIpc) is 2.10. The van der Waals surface area contributed by atoms with Crippen molar-refractivity contribution in [3.05, 3.63) is 33.8 Å². The van der Waals surface area contributed by atoms with E-state index in [2.05, 4.69) is 38.3 Å². The van der Waals surface area contributed by atoms with Crippen molar-refractivity contribution in [2.75, 3.05) is 0 Å². The Hall–Kier alpha value is -0.830. The van der Waals surface area contributed by atoms with E-state index in [4.69, 9.17) is 0 Å². The Morgan fingerprint density at radius 1 is 1.62 bits per heavy atom. The highest BCUT2D eigenvalue weighted by Gasteiger charge is 2.09. The highest BCUT2D eigenvalue weighted by molar-refractivity contribution is 9.10. The third kappa shape index (κ3) is 2.31. The Labute approximate surface area is 89.8 Å². The molecule has 0 bridgehead atoms. The quantitative estimate of drug-likeness (QED) is 0.571. The molecule has 1 aromatic carbocycles. The molecule has 13 heavy (non-hydrogen) atoms. The van der Waals surface area contributed by atoms with Crippen LogP contribution in [0.3, 0.4) is 0 Å². The van der Waals surface area contributed by atoms with Gasteiger partial charge in [0, 0.05) is 4.47 Å². The first-order chi connectivity index (χ1) is 6.16. The molecule has 0 aromatic heterocycles. The van der Waals surface area contributed by atoms with Crippen LogP contribution in [-0.2, 0) is 0 Å². The van der Waals surface area contributed by atoms with E-state index in [0.717, 1.165) is 10.0 Å². The summed E-state index contributed by atoms with van der Waals surface area (Å²) >= 11 is 7.66. The summed E-state index contributed by atoms with van der Waals surface area (Å²) in [7, 11) is 0. The second-order valence-corrected chi connectivity index (χ2v) is 3.42. The fourth-order valence-electron chi connectivity index (χ4n) is 0.914. The van der Waals surface area contributed by atoms with Crippen LogP contribution in [0.5, 0.6) is 0 Å². The standard InChI is InChI=1S/C9H6BrNOS/c1-6-3-2-4-7(8(6)10)9(12)11-5-13/h2-4H,1H3. The van der Waals surface area contributed by atoms with Crippen LogP contribution < -0.4 is 0 Å². The maximum absolute atomic E-state index is 11.3. The summed E-state index contributed by atoms with van der Waals surface area (Å²) in [5.74, 6) is -0.370. The highest BCUT2D eigenvalue weighted by Crippen LogP contribution is 2.21. The van der Waals surface area contributed by atoms with Gasteiger partial charge >= 0.3 is 0 Å². The summed E-state index contributed by atoms with van der Waals surface area (Å²) in [6.45, 7) is 1.90. The number of hydrogen-bond acceptors (Lipinski definition) is 2. The second-order valence-electron chi connectivity index (χ2n) is 2.44. The normalized spacial score (nSPS) is 9.08. The molecule has 0 saturated carbocycles. The van der Waals surface area contributed by atoms with Crippen LogP contribution in [0.4, 0.5) is 0 Å². The zero-order chi connectivity index (χ0) is 9.84. The number of rotatable bonds is 1. The molecule has 0 heterocycles. The van der Waals surface area contributed by atoms with E-state index in [1.807, 2.05) is 13.0 Å². The summed E-state index contributed by atoms with van der Waals surface area (Å²) < 4.78 is 0.758. The molecule has 0 N–H and O–H groups in total. The smallest absolute Gasteiger partial charge is 0.266 e. The van der Waals surface area contributed by atoms with Gasteiger partial charge in [-0.2, -0.15) is 4.99 Å². The van der Waals surface area contributed by atoms with Crippen molar-refractivity contribution in [1.29, 1.82) is 0 Å². The van der Waals surface area contributed by atoms with Crippen molar-refractivity contribution >= 4 is 39.2 Å². The van der Waals surface area contributed by atoms with E-state index >= 15 is 0 Å². The third-order valence-electron chi connectivity index (χ3n) is 1.57. The zero-order valence-corrected chi connectivity index (χ0v) is 9.28. The molecule has 0 spiro atoms. The first-order valence-electron chi connectivity index (χ1n) is 3.54. The van der Waals surface area contributed by atoms with E-state index in [0.29, 0.717) is 5.56 Å². The van der Waals surface area contributed by atoms with Crippen molar-refractivity contribution in [2.45, 2.75) is 6.92 Å². The molecule has 4 heteroatoms. The number of aliphatic imine (C=N–C) groups is 1. The fraction of sp³-hybridized carbons (Fsp3) is 0.111. The summed E-state index contributed by atoms with van der Waals surface area (Å²) in [4.78, 5) is 14.7. The number of amides is 1. The highest BCUT2D eigenvalue weighted by atomic mass is 79.9. The van der Waals surface area contributed by atoms with Crippen LogP contribution >= 0.6 is 28.1 Å². The van der Waals surface area contributed by atoms with Crippen molar-refractivity contribution < 1.29 is 4.79 Å². The van der Waals surface area contributed by atoms with Gasteiger partial charge in [0.2, 0.25) is 0 Å². The molecule has 2 nitrogen and oxygen atoms in total. The second kappa shape index (κ2) is 4.42. The molecule has 0 radical (unpaired) electrons. The van der Waals surface area contributed by atoms with E-state index in [1.54, 1.807) is 12.1 Å². The van der Waals surface area contributed by atoms with E-state index < -0.39 is 0 Å². The van der Waals surface area contributed by atoms with Gasteiger partial charge < -0.3 is 0 Å². The number of halogens is 1. The first-order valence-corrected chi connectivity index (χ1v) is 4.74. The van der Waals surface area contributed by atoms with E-state index in [9.17, 15) is 4.79 Å². The Morgan fingerprint density at radius 2 is 2.31 bits per heavy atom. The van der Waals surface area contributed by atoms with Crippen LogP contribution in [0.2, 0.25) is 0 Å². The molecular formula is C9H6BrNOS. The maximum atomic E-state index is 11.3. The van der Waals surface area contributed by atoms with E-state index in [1.165, 1.54) is 0 Å². The number of aryl methyl sites for hydroxylation is 1. The molecule has 1 aromatic rings. The van der Waals surface area contributed by atoms with Gasteiger partial charge in [0.05, 0.1) is 10.7 Å². The van der Waals surface area contributed by atoms with Gasteiger partial charge in [-0.3, -0.25) is 4.79 Å². The molecule has 0 unspecified atom stereocenters. The Morgan fingerprint density at radius 3 is 2.92 bits per heavy atom. The number of benzene rings is 1. The minimum absolute atomic E-state index is 0.370. The molecule has 0 fully saturated rings. The molecule has 0 aliphatic carbocycles. The number of hydrogen-bond donors (Lipinski definition) is 0. The maximum Gasteiger partial charge on any atom is 0.287 e.